The van der Waals surface area contributed by atoms with Crippen LogP contribution in [-0.4, -0.2) is 87.7 Å². The number of aliphatic hydroxyl groups is 1. The van der Waals surface area contributed by atoms with Crippen LogP contribution in [0.1, 0.15) is 29.2 Å². The SMILES string of the molecule is CCOc1ccc(C(c2sc3nc(C)nn3c2O)N2CCN(CCO)CC2)cc1OC. The number of methoxy groups -OCH3 is 1. The molecular formula is C21H29N5O4S. The molecule has 3 heterocycles. The molecule has 4 rings (SSSR count). The Bertz CT molecular complexity index is 1030. The molecule has 1 fully saturated rings. The molecular weight excluding hydrogens is 418 g/mol. The van der Waals surface area contributed by atoms with Gasteiger partial charge < -0.3 is 19.7 Å². The molecule has 0 bridgehead atoms. The van der Waals surface area contributed by atoms with E-state index in [9.17, 15) is 10.2 Å². The van der Waals surface area contributed by atoms with Gasteiger partial charge in [0.05, 0.1) is 31.2 Å². The quantitative estimate of drug-likeness (QED) is 0.541. The predicted molar refractivity (Wildman–Crippen MR) is 118 cm³/mol. The molecule has 31 heavy (non-hydrogen) atoms. The summed E-state index contributed by atoms with van der Waals surface area (Å²) in [4.78, 5) is 10.5. The third kappa shape index (κ3) is 4.33. The number of rotatable bonds is 8. The van der Waals surface area contributed by atoms with E-state index in [1.807, 2.05) is 32.0 Å². The molecule has 0 spiro atoms. The molecule has 3 aromatic rings. The number of ether oxygens (including phenoxy) is 2. The number of aryl methyl sites for hydroxylation is 1. The van der Waals surface area contributed by atoms with Gasteiger partial charge in [-0.05, 0) is 31.5 Å². The van der Waals surface area contributed by atoms with Crippen LogP contribution < -0.4 is 9.47 Å². The fourth-order valence-corrected chi connectivity index (χ4v) is 5.23. The van der Waals surface area contributed by atoms with Crippen molar-refractivity contribution in [2.75, 3.05) is 53.0 Å². The summed E-state index contributed by atoms with van der Waals surface area (Å²) in [7, 11) is 1.63. The van der Waals surface area contributed by atoms with Crippen molar-refractivity contribution in [2.45, 2.75) is 19.9 Å². The van der Waals surface area contributed by atoms with Crippen molar-refractivity contribution in [3.8, 4) is 17.4 Å². The first-order valence-corrected chi connectivity index (χ1v) is 11.3. The Balaban J connectivity index is 1.74. The standard InChI is InChI=1S/C21H29N5O4S/c1-4-30-16-6-5-15(13-17(16)29-3)18(25-9-7-24(8-10-25)11-12-27)19-20(28)26-21(31-19)22-14(2)23-26/h5-6,13,18,27-28H,4,7-12H2,1-3H3. The minimum atomic E-state index is -0.172. The molecule has 1 aliphatic rings. The van der Waals surface area contributed by atoms with Crippen molar-refractivity contribution in [2.24, 2.45) is 0 Å². The lowest BCUT2D eigenvalue weighted by atomic mass is 10.0. The average molecular weight is 448 g/mol. The zero-order valence-electron chi connectivity index (χ0n) is 18.1. The van der Waals surface area contributed by atoms with E-state index in [1.165, 1.54) is 15.9 Å². The van der Waals surface area contributed by atoms with Gasteiger partial charge in [-0.1, -0.05) is 17.4 Å². The Labute approximate surface area is 185 Å². The van der Waals surface area contributed by atoms with Crippen LogP contribution >= 0.6 is 11.3 Å². The Morgan fingerprint density at radius 1 is 1.19 bits per heavy atom. The molecule has 1 atom stereocenters. The van der Waals surface area contributed by atoms with Crippen LogP contribution in [0.4, 0.5) is 0 Å². The highest BCUT2D eigenvalue weighted by Gasteiger charge is 2.32. The van der Waals surface area contributed by atoms with Gasteiger partial charge in [0.2, 0.25) is 10.8 Å². The second-order valence-corrected chi connectivity index (χ2v) is 8.50. The number of hydrogen-bond donors (Lipinski definition) is 2. The third-order valence-corrected chi connectivity index (χ3v) is 6.62. The van der Waals surface area contributed by atoms with Crippen molar-refractivity contribution in [1.29, 1.82) is 0 Å². The first-order valence-electron chi connectivity index (χ1n) is 10.5. The number of nitrogens with zero attached hydrogens (tertiary/aromatic N) is 5. The lowest BCUT2D eigenvalue weighted by molar-refractivity contribution is 0.0944. The van der Waals surface area contributed by atoms with Gasteiger partial charge in [-0.15, -0.1) is 5.10 Å². The normalized spacial score (nSPS) is 16.6. The van der Waals surface area contributed by atoms with Crippen molar-refractivity contribution < 1.29 is 19.7 Å². The third-order valence-electron chi connectivity index (χ3n) is 5.55. The maximum Gasteiger partial charge on any atom is 0.230 e. The number of aromatic nitrogens is 3. The zero-order valence-corrected chi connectivity index (χ0v) is 18.9. The summed E-state index contributed by atoms with van der Waals surface area (Å²) >= 11 is 1.45. The van der Waals surface area contributed by atoms with E-state index in [0.29, 0.717) is 35.4 Å². The highest BCUT2D eigenvalue weighted by molar-refractivity contribution is 7.17. The van der Waals surface area contributed by atoms with Gasteiger partial charge in [-0.25, -0.2) is 4.98 Å². The number of fused-ring (bicyclic) bond motifs is 1. The number of β-amino-alcohol motifs (C(OH)–C–C–N with tert-alkyl or cyclic N) is 1. The Kier molecular flexibility index (Phi) is 6.61. The molecule has 2 aromatic heterocycles. The minimum Gasteiger partial charge on any atom is -0.493 e. The second kappa shape index (κ2) is 9.39. The minimum absolute atomic E-state index is 0.122. The number of benzene rings is 1. The van der Waals surface area contributed by atoms with Gasteiger partial charge in [0, 0.05) is 32.7 Å². The van der Waals surface area contributed by atoms with Crippen molar-refractivity contribution >= 4 is 16.3 Å². The van der Waals surface area contributed by atoms with Gasteiger partial charge in [0.1, 0.15) is 5.82 Å². The maximum absolute atomic E-state index is 11.0. The average Bonchev–Trinajstić information content (AvgIpc) is 3.28. The van der Waals surface area contributed by atoms with Gasteiger partial charge in [0.15, 0.2) is 11.5 Å². The van der Waals surface area contributed by atoms with Gasteiger partial charge >= 0.3 is 0 Å². The highest BCUT2D eigenvalue weighted by Crippen LogP contribution is 2.42. The van der Waals surface area contributed by atoms with Crippen LogP contribution in [0.3, 0.4) is 0 Å². The van der Waals surface area contributed by atoms with E-state index >= 15 is 0 Å². The topological polar surface area (TPSA) is 95.6 Å². The van der Waals surface area contributed by atoms with Crippen molar-refractivity contribution in [3.05, 3.63) is 34.5 Å². The monoisotopic (exact) mass is 447 g/mol. The first-order chi connectivity index (χ1) is 15.0. The smallest absolute Gasteiger partial charge is 0.230 e. The van der Waals surface area contributed by atoms with Crippen molar-refractivity contribution in [3.63, 3.8) is 0 Å². The number of aromatic hydroxyl groups is 1. The zero-order chi connectivity index (χ0) is 22.0. The van der Waals surface area contributed by atoms with Crippen molar-refractivity contribution in [1.82, 2.24) is 24.4 Å². The van der Waals surface area contributed by atoms with Gasteiger partial charge in [-0.3, -0.25) is 9.80 Å². The molecule has 2 N–H and O–H groups in total. The number of piperazine rings is 1. The summed E-state index contributed by atoms with van der Waals surface area (Å²) < 4.78 is 12.8. The van der Waals surface area contributed by atoms with E-state index in [4.69, 9.17) is 9.47 Å². The van der Waals surface area contributed by atoms with E-state index in [0.717, 1.165) is 36.6 Å². The van der Waals surface area contributed by atoms with E-state index < -0.39 is 0 Å². The molecule has 9 nitrogen and oxygen atoms in total. The van der Waals surface area contributed by atoms with E-state index in [1.54, 1.807) is 7.11 Å². The van der Waals surface area contributed by atoms with Gasteiger partial charge in [0.25, 0.3) is 0 Å². The van der Waals surface area contributed by atoms with Crippen LogP contribution in [0.5, 0.6) is 17.4 Å². The molecule has 10 heteroatoms. The molecule has 1 aromatic carbocycles. The van der Waals surface area contributed by atoms with Crippen LogP contribution in [0, 0.1) is 6.92 Å². The largest absolute Gasteiger partial charge is 0.493 e. The second-order valence-electron chi connectivity index (χ2n) is 7.49. The summed E-state index contributed by atoms with van der Waals surface area (Å²) in [5.41, 5.74) is 1.01. The summed E-state index contributed by atoms with van der Waals surface area (Å²) in [6.45, 7) is 8.48. The molecule has 1 aliphatic heterocycles. The molecule has 0 saturated carbocycles. The van der Waals surface area contributed by atoms with Crippen LogP contribution in [0.25, 0.3) is 4.96 Å². The lowest BCUT2D eigenvalue weighted by Gasteiger charge is -2.39. The molecule has 1 saturated heterocycles. The molecule has 0 radical (unpaired) electrons. The molecule has 1 unspecified atom stereocenters. The van der Waals surface area contributed by atoms with E-state index in [-0.39, 0.29) is 18.5 Å². The van der Waals surface area contributed by atoms with Crippen LogP contribution in [0.15, 0.2) is 18.2 Å². The maximum atomic E-state index is 11.0. The lowest BCUT2D eigenvalue weighted by Crippen LogP contribution is -2.48. The summed E-state index contributed by atoms with van der Waals surface area (Å²) in [5.74, 6) is 2.11. The van der Waals surface area contributed by atoms with Gasteiger partial charge in [-0.2, -0.15) is 4.52 Å². The first kappa shape index (κ1) is 21.8. The number of hydrogen-bond acceptors (Lipinski definition) is 9. The Morgan fingerprint density at radius 3 is 2.61 bits per heavy atom. The molecule has 0 aliphatic carbocycles. The predicted octanol–water partition coefficient (Wildman–Crippen LogP) is 1.91. The summed E-state index contributed by atoms with van der Waals surface area (Å²) in [6, 6.07) is 5.76. The highest BCUT2D eigenvalue weighted by atomic mass is 32.1. The number of thiazole rings is 1. The summed E-state index contributed by atoms with van der Waals surface area (Å²) in [6.07, 6.45) is 0. The summed E-state index contributed by atoms with van der Waals surface area (Å²) in [5, 5.41) is 24.6. The van der Waals surface area contributed by atoms with Crippen LogP contribution in [0.2, 0.25) is 0 Å². The van der Waals surface area contributed by atoms with Crippen LogP contribution in [-0.2, 0) is 0 Å². The Hall–Kier alpha value is -2.40. The van der Waals surface area contributed by atoms with E-state index in [2.05, 4.69) is 19.9 Å². The Morgan fingerprint density at radius 2 is 1.97 bits per heavy atom. The fraction of sp³-hybridized carbons (Fsp3) is 0.524. The molecule has 168 valence electrons. The fourth-order valence-electron chi connectivity index (χ4n) is 4.07. The molecule has 0 amide bonds. The number of aliphatic hydroxyl groups excluding tert-OH is 1.